The van der Waals surface area contributed by atoms with E-state index >= 15 is 0 Å². The third-order valence-corrected chi connectivity index (χ3v) is 4.69. The molecule has 1 aliphatic rings. The van der Waals surface area contributed by atoms with E-state index in [9.17, 15) is 4.79 Å². The molecule has 1 heterocycles. The van der Waals surface area contributed by atoms with E-state index < -0.39 is 0 Å². The second-order valence-corrected chi connectivity index (χ2v) is 5.97. The van der Waals surface area contributed by atoms with Crippen LogP contribution >= 0.6 is 11.5 Å². The molecule has 2 rings (SSSR count). The summed E-state index contributed by atoms with van der Waals surface area (Å²) in [6, 6.07) is 0.710. The Morgan fingerprint density at radius 1 is 1.50 bits per heavy atom. The molecule has 0 radical (unpaired) electrons. The van der Waals surface area contributed by atoms with Crippen LogP contribution in [0.2, 0.25) is 0 Å². The highest BCUT2D eigenvalue weighted by Gasteiger charge is 2.20. The smallest absolute Gasteiger partial charge is 0.257 e. The van der Waals surface area contributed by atoms with Crippen LogP contribution in [0.15, 0.2) is 0 Å². The molecule has 0 unspecified atom stereocenters. The van der Waals surface area contributed by atoms with Crippen LogP contribution in [0.5, 0.6) is 0 Å². The van der Waals surface area contributed by atoms with E-state index in [-0.39, 0.29) is 5.91 Å². The van der Waals surface area contributed by atoms with Crippen molar-refractivity contribution in [1.82, 2.24) is 14.6 Å². The SMILES string of the molecule is CNC(=O)c1c(N)nsc1NCCN(C)C1CCCC1. The van der Waals surface area contributed by atoms with Crippen molar-refractivity contribution in [2.45, 2.75) is 31.7 Å². The zero-order valence-corrected chi connectivity index (χ0v) is 12.9. The van der Waals surface area contributed by atoms with Crippen molar-refractivity contribution in [2.24, 2.45) is 0 Å². The van der Waals surface area contributed by atoms with Crippen LogP contribution < -0.4 is 16.4 Å². The fourth-order valence-electron chi connectivity index (χ4n) is 2.64. The van der Waals surface area contributed by atoms with Crippen molar-refractivity contribution in [3.63, 3.8) is 0 Å². The molecule has 6 nitrogen and oxygen atoms in total. The van der Waals surface area contributed by atoms with E-state index in [0.29, 0.717) is 17.4 Å². The summed E-state index contributed by atoms with van der Waals surface area (Å²) in [5.41, 5.74) is 6.20. The number of hydrogen-bond acceptors (Lipinski definition) is 6. The van der Waals surface area contributed by atoms with Crippen molar-refractivity contribution in [3.05, 3.63) is 5.56 Å². The van der Waals surface area contributed by atoms with Crippen molar-refractivity contribution < 1.29 is 4.79 Å². The first kappa shape index (κ1) is 15.1. The highest BCUT2D eigenvalue weighted by Crippen LogP contribution is 2.26. The average molecular weight is 297 g/mol. The van der Waals surface area contributed by atoms with Gasteiger partial charge in [-0.25, -0.2) is 0 Å². The number of amides is 1. The van der Waals surface area contributed by atoms with Crippen LogP contribution in [0.3, 0.4) is 0 Å². The molecule has 0 aromatic carbocycles. The van der Waals surface area contributed by atoms with Crippen molar-refractivity contribution in [2.75, 3.05) is 38.2 Å². The van der Waals surface area contributed by atoms with Gasteiger partial charge >= 0.3 is 0 Å². The lowest BCUT2D eigenvalue weighted by atomic mass is 10.2. The summed E-state index contributed by atoms with van der Waals surface area (Å²) in [6.45, 7) is 1.74. The number of nitrogen functional groups attached to an aromatic ring is 1. The second kappa shape index (κ2) is 6.90. The standard InChI is InChI=1S/C13H23N5OS/c1-15-12(19)10-11(14)17-20-13(10)16-7-8-18(2)9-5-3-4-6-9/h9,16H,3-8H2,1-2H3,(H2,14,17)(H,15,19). The van der Waals surface area contributed by atoms with E-state index in [1.807, 2.05) is 0 Å². The van der Waals surface area contributed by atoms with E-state index in [0.717, 1.165) is 18.1 Å². The summed E-state index contributed by atoms with van der Waals surface area (Å²) in [7, 11) is 3.76. The first-order valence-electron chi connectivity index (χ1n) is 7.04. The molecular formula is C13H23N5OS. The van der Waals surface area contributed by atoms with Crippen LogP contribution in [0.4, 0.5) is 10.8 Å². The lowest BCUT2D eigenvalue weighted by Gasteiger charge is -2.24. The van der Waals surface area contributed by atoms with Crippen molar-refractivity contribution in [3.8, 4) is 0 Å². The zero-order chi connectivity index (χ0) is 14.5. The minimum absolute atomic E-state index is 0.192. The van der Waals surface area contributed by atoms with Gasteiger partial charge in [-0.05, 0) is 31.4 Å². The molecule has 0 spiro atoms. The monoisotopic (exact) mass is 297 g/mol. The summed E-state index contributed by atoms with van der Waals surface area (Å²) in [6.07, 6.45) is 5.28. The van der Waals surface area contributed by atoms with Gasteiger partial charge in [-0.3, -0.25) is 4.79 Å². The van der Waals surface area contributed by atoms with Gasteiger partial charge in [0, 0.05) is 26.2 Å². The Morgan fingerprint density at radius 2 is 2.20 bits per heavy atom. The fourth-order valence-corrected chi connectivity index (χ4v) is 3.38. The van der Waals surface area contributed by atoms with Crippen LogP contribution in [0, 0.1) is 0 Å². The van der Waals surface area contributed by atoms with Gasteiger partial charge in [0.05, 0.1) is 0 Å². The summed E-state index contributed by atoms with van der Waals surface area (Å²) in [5, 5.41) is 6.62. The third kappa shape index (κ3) is 3.40. The Morgan fingerprint density at radius 3 is 2.85 bits per heavy atom. The molecule has 1 amide bonds. The number of anilines is 2. The summed E-state index contributed by atoms with van der Waals surface area (Å²) in [5.74, 6) is 0.101. The quantitative estimate of drug-likeness (QED) is 0.738. The van der Waals surface area contributed by atoms with E-state index in [2.05, 4.69) is 27.0 Å². The number of hydrogen-bond donors (Lipinski definition) is 3. The van der Waals surface area contributed by atoms with Gasteiger partial charge in [0.25, 0.3) is 5.91 Å². The Bertz CT molecular complexity index is 456. The number of nitrogens with zero attached hydrogens (tertiary/aromatic N) is 2. The number of rotatable bonds is 6. The molecule has 1 fully saturated rings. The van der Waals surface area contributed by atoms with Gasteiger partial charge in [-0.15, -0.1) is 0 Å². The third-order valence-electron chi connectivity index (χ3n) is 3.87. The number of nitrogens with two attached hydrogens (primary N) is 1. The average Bonchev–Trinajstić information content (AvgIpc) is 3.08. The Labute approximate surface area is 123 Å². The molecule has 1 aliphatic carbocycles. The van der Waals surface area contributed by atoms with Gasteiger partial charge < -0.3 is 21.3 Å². The van der Waals surface area contributed by atoms with Crippen LogP contribution in [-0.4, -0.2) is 48.4 Å². The number of nitrogens with one attached hydrogen (secondary N) is 2. The topological polar surface area (TPSA) is 83.3 Å². The molecule has 112 valence electrons. The number of likely N-dealkylation sites (N-methyl/N-ethyl adjacent to an activating group) is 1. The summed E-state index contributed by atoms with van der Waals surface area (Å²) < 4.78 is 4.04. The molecule has 20 heavy (non-hydrogen) atoms. The van der Waals surface area contributed by atoms with Crippen LogP contribution in [-0.2, 0) is 0 Å². The van der Waals surface area contributed by atoms with Crippen LogP contribution in [0.25, 0.3) is 0 Å². The number of aromatic nitrogens is 1. The van der Waals surface area contributed by atoms with E-state index in [1.165, 1.54) is 37.2 Å². The van der Waals surface area contributed by atoms with Crippen LogP contribution in [0.1, 0.15) is 36.0 Å². The largest absolute Gasteiger partial charge is 0.382 e. The van der Waals surface area contributed by atoms with Gasteiger partial charge in [-0.1, -0.05) is 12.8 Å². The fraction of sp³-hybridized carbons (Fsp3) is 0.692. The molecular weight excluding hydrogens is 274 g/mol. The first-order valence-corrected chi connectivity index (χ1v) is 7.82. The van der Waals surface area contributed by atoms with Crippen molar-refractivity contribution >= 4 is 28.3 Å². The molecule has 0 aliphatic heterocycles. The van der Waals surface area contributed by atoms with E-state index in [4.69, 9.17) is 5.73 Å². The minimum Gasteiger partial charge on any atom is -0.382 e. The summed E-state index contributed by atoms with van der Waals surface area (Å²) in [4.78, 5) is 14.1. The normalized spacial score (nSPS) is 15.8. The van der Waals surface area contributed by atoms with Gasteiger partial charge in [0.15, 0.2) is 5.82 Å². The zero-order valence-electron chi connectivity index (χ0n) is 12.1. The Kier molecular flexibility index (Phi) is 5.19. The molecule has 7 heteroatoms. The highest BCUT2D eigenvalue weighted by atomic mass is 32.1. The predicted molar refractivity (Wildman–Crippen MR) is 83.3 cm³/mol. The molecule has 1 aromatic rings. The maximum absolute atomic E-state index is 11.7. The van der Waals surface area contributed by atoms with Gasteiger partial charge in [-0.2, -0.15) is 4.37 Å². The molecule has 1 aromatic heterocycles. The van der Waals surface area contributed by atoms with Gasteiger partial charge in [0.1, 0.15) is 10.6 Å². The minimum atomic E-state index is -0.192. The number of carbonyl (C=O) groups is 1. The Balaban J connectivity index is 1.86. The molecule has 1 saturated carbocycles. The van der Waals surface area contributed by atoms with E-state index in [1.54, 1.807) is 7.05 Å². The maximum Gasteiger partial charge on any atom is 0.257 e. The summed E-state index contributed by atoms with van der Waals surface area (Å²) >= 11 is 1.24. The molecule has 0 bridgehead atoms. The molecule has 0 saturated heterocycles. The number of carbonyl (C=O) groups excluding carboxylic acids is 1. The Hall–Kier alpha value is -1.34. The lowest BCUT2D eigenvalue weighted by Crippen LogP contribution is -2.33. The maximum atomic E-state index is 11.7. The first-order chi connectivity index (χ1) is 9.63. The highest BCUT2D eigenvalue weighted by molar-refractivity contribution is 7.11. The predicted octanol–water partition coefficient (Wildman–Crippen LogP) is 1.37. The molecule has 4 N–H and O–H groups in total. The van der Waals surface area contributed by atoms with Crippen molar-refractivity contribution in [1.29, 1.82) is 0 Å². The van der Waals surface area contributed by atoms with Gasteiger partial charge in [0.2, 0.25) is 0 Å². The lowest BCUT2D eigenvalue weighted by molar-refractivity contribution is 0.0965. The molecule has 0 atom stereocenters. The second-order valence-electron chi connectivity index (χ2n) is 5.20.